The highest BCUT2D eigenvalue weighted by Crippen LogP contribution is 2.23. The molecule has 2 rings (SSSR count). The predicted octanol–water partition coefficient (Wildman–Crippen LogP) is 0.555. The van der Waals surface area contributed by atoms with Gasteiger partial charge in [-0.2, -0.15) is 0 Å². The van der Waals surface area contributed by atoms with Crippen LogP contribution in [0.15, 0.2) is 6.07 Å². The van der Waals surface area contributed by atoms with E-state index in [9.17, 15) is 14.4 Å². The first-order valence-corrected chi connectivity index (χ1v) is 6.58. The molecule has 2 amide bonds. The first-order chi connectivity index (χ1) is 8.90. The Hall–Kier alpha value is -1.89. The van der Waals surface area contributed by atoms with Crippen LogP contribution in [0.1, 0.15) is 20.1 Å². The molecule has 1 aliphatic rings. The number of carbonyl (C=O) groups is 3. The summed E-state index contributed by atoms with van der Waals surface area (Å²) in [6, 6.07) is 1.57. The third-order valence-corrected chi connectivity index (χ3v) is 4.20. The molecule has 1 fully saturated rings. The van der Waals surface area contributed by atoms with Gasteiger partial charge < -0.3 is 14.9 Å². The molecule has 1 saturated heterocycles. The predicted molar refractivity (Wildman–Crippen MR) is 69.1 cm³/mol. The minimum atomic E-state index is -0.972. The lowest BCUT2D eigenvalue weighted by Crippen LogP contribution is -2.52. The fourth-order valence-electron chi connectivity index (χ4n) is 1.91. The number of aromatic carboxylic acids is 1. The van der Waals surface area contributed by atoms with Gasteiger partial charge in [-0.3, -0.25) is 9.59 Å². The Bertz CT molecular complexity index is 552. The number of nitrogens with zero attached hydrogens (tertiary/aromatic N) is 2. The van der Waals surface area contributed by atoms with Crippen molar-refractivity contribution in [2.45, 2.75) is 13.5 Å². The van der Waals surface area contributed by atoms with Gasteiger partial charge in [0.15, 0.2) is 0 Å². The minimum Gasteiger partial charge on any atom is -0.477 e. The monoisotopic (exact) mass is 282 g/mol. The van der Waals surface area contributed by atoms with Crippen LogP contribution in [-0.4, -0.2) is 52.8 Å². The smallest absolute Gasteiger partial charge is 0.345 e. The van der Waals surface area contributed by atoms with Gasteiger partial charge in [-0.25, -0.2) is 4.79 Å². The highest BCUT2D eigenvalue weighted by molar-refractivity contribution is 7.14. The first kappa shape index (κ1) is 13.5. The van der Waals surface area contributed by atoms with Gasteiger partial charge in [-0.05, 0) is 18.6 Å². The number of hydrogen-bond acceptors (Lipinski definition) is 4. The lowest BCUT2D eigenvalue weighted by Gasteiger charge is -2.31. The van der Waals surface area contributed by atoms with E-state index in [1.807, 2.05) is 6.92 Å². The molecule has 2 heterocycles. The van der Waals surface area contributed by atoms with E-state index in [0.29, 0.717) is 13.1 Å². The molecule has 0 aromatic carbocycles. The second-order valence-corrected chi connectivity index (χ2v) is 5.71. The van der Waals surface area contributed by atoms with Crippen LogP contribution in [-0.2, 0) is 16.1 Å². The van der Waals surface area contributed by atoms with Crippen LogP contribution in [0.25, 0.3) is 0 Å². The number of amides is 2. The summed E-state index contributed by atoms with van der Waals surface area (Å²) in [4.78, 5) is 38.2. The number of thiophene rings is 1. The topological polar surface area (TPSA) is 77.9 Å². The van der Waals surface area contributed by atoms with Crippen molar-refractivity contribution in [3.63, 3.8) is 0 Å². The summed E-state index contributed by atoms with van der Waals surface area (Å²) >= 11 is 1.18. The zero-order valence-corrected chi connectivity index (χ0v) is 11.5. The van der Waals surface area contributed by atoms with Crippen LogP contribution < -0.4 is 0 Å². The Morgan fingerprint density at radius 2 is 2.05 bits per heavy atom. The Morgan fingerprint density at radius 3 is 2.63 bits per heavy atom. The van der Waals surface area contributed by atoms with Crippen LogP contribution >= 0.6 is 11.3 Å². The molecule has 0 radical (unpaired) electrons. The van der Waals surface area contributed by atoms with E-state index >= 15 is 0 Å². The highest BCUT2D eigenvalue weighted by Gasteiger charge is 2.30. The van der Waals surface area contributed by atoms with Crippen LogP contribution in [0.2, 0.25) is 0 Å². The molecule has 102 valence electrons. The Labute approximate surface area is 114 Å². The van der Waals surface area contributed by atoms with Gasteiger partial charge in [-0.15, -0.1) is 11.3 Å². The zero-order chi connectivity index (χ0) is 14.2. The SMILES string of the molecule is Cc1sc(C(=O)O)cc1CN1CCN(C)C(=O)C1=O. The second-order valence-electron chi connectivity index (χ2n) is 4.45. The van der Waals surface area contributed by atoms with E-state index in [2.05, 4.69) is 0 Å². The molecule has 1 aromatic rings. The van der Waals surface area contributed by atoms with Crippen molar-refractivity contribution >= 4 is 29.1 Å². The summed E-state index contributed by atoms with van der Waals surface area (Å²) in [6.07, 6.45) is 0. The van der Waals surface area contributed by atoms with Gasteiger partial charge in [0, 0.05) is 31.6 Å². The summed E-state index contributed by atoms with van der Waals surface area (Å²) in [6.45, 7) is 3.07. The number of aryl methyl sites for hydroxylation is 1. The average molecular weight is 282 g/mol. The van der Waals surface area contributed by atoms with Crippen molar-refractivity contribution in [1.82, 2.24) is 9.80 Å². The maximum absolute atomic E-state index is 11.8. The van der Waals surface area contributed by atoms with Crippen LogP contribution in [0.3, 0.4) is 0 Å². The van der Waals surface area contributed by atoms with E-state index in [1.165, 1.54) is 21.1 Å². The summed E-state index contributed by atoms with van der Waals surface area (Å²) in [5.74, 6) is -2.02. The van der Waals surface area contributed by atoms with E-state index in [4.69, 9.17) is 5.11 Å². The molecule has 7 heteroatoms. The molecule has 1 aliphatic heterocycles. The minimum absolute atomic E-state index is 0.250. The molecule has 0 unspecified atom stereocenters. The third-order valence-electron chi connectivity index (χ3n) is 3.11. The molecule has 0 bridgehead atoms. The fourth-order valence-corrected chi connectivity index (χ4v) is 2.78. The van der Waals surface area contributed by atoms with Crippen molar-refractivity contribution in [3.05, 3.63) is 21.4 Å². The van der Waals surface area contributed by atoms with E-state index in [1.54, 1.807) is 13.1 Å². The fraction of sp³-hybridized carbons (Fsp3) is 0.417. The van der Waals surface area contributed by atoms with E-state index in [0.717, 1.165) is 10.4 Å². The largest absolute Gasteiger partial charge is 0.477 e. The molecule has 19 heavy (non-hydrogen) atoms. The molecule has 1 aromatic heterocycles. The van der Waals surface area contributed by atoms with E-state index < -0.39 is 17.8 Å². The normalized spacial score (nSPS) is 16.1. The Morgan fingerprint density at radius 1 is 1.37 bits per heavy atom. The Balaban J connectivity index is 2.15. The Kier molecular flexibility index (Phi) is 3.57. The average Bonchev–Trinajstić information content (AvgIpc) is 2.72. The van der Waals surface area contributed by atoms with Crippen molar-refractivity contribution in [3.8, 4) is 0 Å². The van der Waals surface area contributed by atoms with Gasteiger partial charge in [0.2, 0.25) is 0 Å². The quantitative estimate of drug-likeness (QED) is 0.821. The number of carbonyl (C=O) groups excluding carboxylic acids is 2. The van der Waals surface area contributed by atoms with Gasteiger partial charge >= 0.3 is 17.8 Å². The summed E-state index contributed by atoms with van der Waals surface area (Å²) in [7, 11) is 1.59. The molecule has 0 atom stereocenters. The van der Waals surface area contributed by atoms with Crippen molar-refractivity contribution in [2.24, 2.45) is 0 Å². The highest BCUT2D eigenvalue weighted by atomic mass is 32.1. The number of likely N-dealkylation sites (N-methyl/N-ethyl adjacent to an activating group) is 1. The number of rotatable bonds is 3. The first-order valence-electron chi connectivity index (χ1n) is 5.77. The lowest BCUT2D eigenvalue weighted by molar-refractivity contribution is -0.155. The third kappa shape index (κ3) is 2.60. The van der Waals surface area contributed by atoms with Crippen molar-refractivity contribution in [1.29, 1.82) is 0 Å². The molecule has 1 N–H and O–H groups in total. The van der Waals surface area contributed by atoms with Crippen molar-refractivity contribution in [2.75, 3.05) is 20.1 Å². The molecule has 6 nitrogen and oxygen atoms in total. The van der Waals surface area contributed by atoms with Gasteiger partial charge in [0.1, 0.15) is 4.88 Å². The van der Waals surface area contributed by atoms with E-state index in [-0.39, 0.29) is 11.4 Å². The van der Waals surface area contributed by atoms with Gasteiger partial charge in [-0.1, -0.05) is 0 Å². The molecular weight excluding hydrogens is 268 g/mol. The summed E-state index contributed by atoms with van der Waals surface area (Å²) in [5.41, 5.74) is 0.785. The standard InChI is InChI=1S/C12H14N2O4S/c1-7-8(5-9(19-7)12(17)18)6-14-4-3-13(2)10(15)11(14)16/h5H,3-4,6H2,1-2H3,(H,17,18). The van der Waals surface area contributed by atoms with Crippen LogP contribution in [0.4, 0.5) is 0 Å². The lowest BCUT2D eigenvalue weighted by atomic mass is 10.2. The number of carboxylic acid groups (broad SMARTS) is 1. The maximum atomic E-state index is 11.8. The number of carboxylic acids is 1. The summed E-state index contributed by atoms with van der Waals surface area (Å²) < 4.78 is 0. The second kappa shape index (κ2) is 5.00. The molecule has 0 aliphatic carbocycles. The van der Waals surface area contributed by atoms with Crippen LogP contribution in [0.5, 0.6) is 0 Å². The number of piperazine rings is 1. The van der Waals surface area contributed by atoms with Crippen molar-refractivity contribution < 1.29 is 19.5 Å². The van der Waals surface area contributed by atoms with Gasteiger partial charge in [0.05, 0.1) is 0 Å². The molecular formula is C12H14N2O4S. The number of hydrogen-bond donors (Lipinski definition) is 1. The molecule has 0 spiro atoms. The van der Waals surface area contributed by atoms with Crippen LogP contribution in [0, 0.1) is 6.92 Å². The molecule has 0 saturated carbocycles. The zero-order valence-electron chi connectivity index (χ0n) is 10.7. The van der Waals surface area contributed by atoms with Gasteiger partial charge in [0.25, 0.3) is 0 Å². The maximum Gasteiger partial charge on any atom is 0.345 e. The summed E-state index contributed by atoms with van der Waals surface area (Å²) in [5, 5.41) is 8.93.